The van der Waals surface area contributed by atoms with Crippen molar-refractivity contribution in [3.63, 3.8) is 0 Å². The van der Waals surface area contributed by atoms with Crippen molar-refractivity contribution in [1.82, 2.24) is 4.98 Å². The first-order valence-corrected chi connectivity index (χ1v) is 9.00. The van der Waals surface area contributed by atoms with Crippen molar-refractivity contribution in [2.24, 2.45) is 0 Å². The Labute approximate surface area is 170 Å². The Bertz CT molecular complexity index is 1180. The first kappa shape index (κ1) is 19.0. The summed E-state index contributed by atoms with van der Waals surface area (Å²) in [6.45, 7) is 0. The van der Waals surface area contributed by atoms with Gasteiger partial charge in [-0.05, 0) is 17.7 Å². The van der Waals surface area contributed by atoms with E-state index in [0.717, 1.165) is 0 Å². The zero-order valence-corrected chi connectivity index (χ0v) is 15.5. The number of aromatic nitrogens is 1. The molecule has 1 aliphatic heterocycles. The molecule has 3 aromatic rings. The predicted molar refractivity (Wildman–Crippen MR) is 109 cm³/mol. The van der Waals surface area contributed by atoms with Crippen LogP contribution in [0, 0.1) is 10.1 Å². The lowest BCUT2D eigenvalue weighted by Gasteiger charge is -2.25. The zero-order valence-electron chi connectivity index (χ0n) is 15.5. The van der Waals surface area contributed by atoms with Gasteiger partial charge in [-0.15, -0.1) is 0 Å². The number of aliphatic hydroxyl groups excluding tert-OH is 1. The number of aliphatic hydroxyl groups is 1. The SMILES string of the molecule is O=C1C(=O)N(c2cccnc2)C(c2cccc([N+](=O)[O-])c2)/C1=C(\O)c1ccccc1. The maximum absolute atomic E-state index is 12.9. The Hall–Kier alpha value is -4.33. The summed E-state index contributed by atoms with van der Waals surface area (Å²) in [7, 11) is 0. The number of benzene rings is 2. The fourth-order valence-corrected chi connectivity index (χ4v) is 3.47. The highest BCUT2D eigenvalue weighted by Crippen LogP contribution is 2.42. The van der Waals surface area contributed by atoms with Gasteiger partial charge in [0.1, 0.15) is 5.76 Å². The summed E-state index contributed by atoms with van der Waals surface area (Å²) >= 11 is 0. The quantitative estimate of drug-likeness (QED) is 0.235. The van der Waals surface area contributed by atoms with Crippen molar-refractivity contribution in [1.29, 1.82) is 0 Å². The number of amides is 1. The number of nitro groups is 1. The van der Waals surface area contributed by atoms with Gasteiger partial charge in [0.2, 0.25) is 0 Å². The Morgan fingerprint density at radius 3 is 2.47 bits per heavy atom. The van der Waals surface area contributed by atoms with Crippen LogP contribution in [0.5, 0.6) is 0 Å². The van der Waals surface area contributed by atoms with E-state index in [-0.39, 0.29) is 17.0 Å². The van der Waals surface area contributed by atoms with Crippen molar-refractivity contribution >= 4 is 28.8 Å². The molecule has 30 heavy (non-hydrogen) atoms. The molecule has 4 rings (SSSR count). The molecule has 1 aromatic heterocycles. The molecule has 2 heterocycles. The molecule has 1 aliphatic rings. The normalized spacial score (nSPS) is 17.9. The molecule has 8 nitrogen and oxygen atoms in total. The number of carbonyl (C=O) groups is 2. The van der Waals surface area contributed by atoms with Gasteiger partial charge in [0, 0.05) is 23.9 Å². The summed E-state index contributed by atoms with van der Waals surface area (Å²) in [5.41, 5.74) is 0.685. The first-order valence-electron chi connectivity index (χ1n) is 9.00. The minimum Gasteiger partial charge on any atom is -0.507 e. The van der Waals surface area contributed by atoms with Crippen LogP contribution in [-0.2, 0) is 9.59 Å². The number of non-ortho nitro benzene ring substituents is 1. The zero-order chi connectivity index (χ0) is 21.3. The summed E-state index contributed by atoms with van der Waals surface area (Å²) in [6.07, 6.45) is 2.93. The molecule has 1 atom stereocenters. The van der Waals surface area contributed by atoms with E-state index in [2.05, 4.69) is 4.98 Å². The predicted octanol–water partition coefficient (Wildman–Crippen LogP) is 3.62. The van der Waals surface area contributed by atoms with Crippen LogP contribution in [0.1, 0.15) is 17.2 Å². The Balaban J connectivity index is 1.97. The molecule has 0 bridgehead atoms. The monoisotopic (exact) mass is 401 g/mol. The van der Waals surface area contributed by atoms with Crippen molar-refractivity contribution in [2.45, 2.75) is 6.04 Å². The van der Waals surface area contributed by atoms with Crippen molar-refractivity contribution in [2.75, 3.05) is 4.90 Å². The Morgan fingerprint density at radius 1 is 1.03 bits per heavy atom. The van der Waals surface area contributed by atoms with E-state index >= 15 is 0 Å². The summed E-state index contributed by atoms with van der Waals surface area (Å²) in [6, 6.07) is 16.2. The van der Waals surface area contributed by atoms with E-state index in [4.69, 9.17) is 0 Å². The maximum atomic E-state index is 12.9. The van der Waals surface area contributed by atoms with E-state index in [1.807, 2.05) is 0 Å². The lowest BCUT2D eigenvalue weighted by molar-refractivity contribution is -0.384. The second-order valence-corrected chi connectivity index (χ2v) is 6.60. The van der Waals surface area contributed by atoms with Gasteiger partial charge in [0.05, 0.1) is 28.4 Å². The summed E-state index contributed by atoms with van der Waals surface area (Å²) in [5, 5.41) is 22.2. The molecule has 1 amide bonds. The number of nitro benzene ring substituents is 1. The first-order chi connectivity index (χ1) is 14.5. The molecule has 0 aliphatic carbocycles. The average molecular weight is 401 g/mol. The van der Waals surface area contributed by atoms with Gasteiger partial charge in [-0.2, -0.15) is 0 Å². The molecular weight excluding hydrogens is 386 g/mol. The highest BCUT2D eigenvalue weighted by atomic mass is 16.6. The van der Waals surface area contributed by atoms with E-state index in [1.54, 1.807) is 48.5 Å². The fraction of sp³-hybridized carbons (Fsp3) is 0.0455. The van der Waals surface area contributed by atoms with Crippen molar-refractivity contribution < 1.29 is 19.6 Å². The van der Waals surface area contributed by atoms with Crippen LogP contribution in [-0.4, -0.2) is 26.7 Å². The number of carbonyl (C=O) groups excluding carboxylic acids is 2. The number of hydrogen-bond donors (Lipinski definition) is 1. The molecule has 2 aromatic carbocycles. The van der Waals surface area contributed by atoms with Crippen LogP contribution in [0.4, 0.5) is 11.4 Å². The highest BCUT2D eigenvalue weighted by Gasteiger charge is 2.47. The molecule has 1 fully saturated rings. The van der Waals surface area contributed by atoms with Gasteiger partial charge < -0.3 is 5.11 Å². The van der Waals surface area contributed by atoms with Crippen LogP contribution in [0.2, 0.25) is 0 Å². The van der Waals surface area contributed by atoms with Gasteiger partial charge in [0.25, 0.3) is 17.4 Å². The van der Waals surface area contributed by atoms with E-state index in [0.29, 0.717) is 16.8 Å². The Morgan fingerprint density at radius 2 is 1.80 bits per heavy atom. The number of Topliss-reactive ketones (excluding diaryl/α,β-unsaturated/α-hetero) is 1. The highest BCUT2D eigenvalue weighted by molar-refractivity contribution is 6.51. The van der Waals surface area contributed by atoms with Gasteiger partial charge in [-0.1, -0.05) is 42.5 Å². The minimum absolute atomic E-state index is 0.143. The maximum Gasteiger partial charge on any atom is 0.300 e. The largest absolute Gasteiger partial charge is 0.507 e. The third-order valence-corrected chi connectivity index (χ3v) is 4.81. The lowest BCUT2D eigenvalue weighted by Crippen LogP contribution is -2.29. The van der Waals surface area contributed by atoms with Crippen LogP contribution >= 0.6 is 0 Å². The number of ketones is 1. The number of nitrogens with zero attached hydrogens (tertiary/aromatic N) is 3. The smallest absolute Gasteiger partial charge is 0.300 e. The molecule has 1 saturated heterocycles. The molecule has 0 saturated carbocycles. The van der Waals surface area contributed by atoms with Gasteiger partial charge in [0.15, 0.2) is 0 Å². The van der Waals surface area contributed by atoms with Crippen LogP contribution in [0.3, 0.4) is 0 Å². The van der Waals surface area contributed by atoms with E-state index in [1.165, 1.54) is 35.5 Å². The molecule has 8 heteroatoms. The second-order valence-electron chi connectivity index (χ2n) is 6.60. The molecule has 1 unspecified atom stereocenters. The van der Waals surface area contributed by atoms with Gasteiger partial charge >= 0.3 is 0 Å². The topological polar surface area (TPSA) is 114 Å². The molecule has 148 valence electrons. The molecular formula is C22H15N3O5. The number of pyridine rings is 1. The van der Waals surface area contributed by atoms with E-state index < -0.39 is 22.7 Å². The summed E-state index contributed by atoms with van der Waals surface area (Å²) < 4.78 is 0. The van der Waals surface area contributed by atoms with Crippen molar-refractivity contribution in [3.8, 4) is 0 Å². The second kappa shape index (κ2) is 7.59. The van der Waals surface area contributed by atoms with Gasteiger partial charge in [-0.3, -0.25) is 29.6 Å². The lowest BCUT2D eigenvalue weighted by atomic mass is 9.95. The van der Waals surface area contributed by atoms with Crippen molar-refractivity contribution in [3.05, 3.63) is 106 Å². The third kappa shape index (κ3) is 3.20. The van der Waals surface area contributed by atoms with Gasteiger partial charge in [-0.25, -0.2) is 0 Å². The number of anilines is 1. The third-order valence-electron chi connectivity index (χ3n) is 4.81. The molecule has 1 N–H and O–H groups in total. The minimum atomic E-state index is -1.05. The van der Waals surface area contributed by atoms with Crippen LogP contribution in [0.15, 0.2) is 84.7 Å². The number of hydrogen-bond acceptors (Lipinski definition) is 6. The van der Waals surface area contributed by atoms with Crippen LogP contribution < -0.4 is 4.90 Å². The number of rotatable bonds is 4. The van der Waals surface area contributed by atoms with Crippen LogP contribution in [0.25, 0.3) is 5.76 Å². The average Bonchev–Trinajstić information content (AvgIpc) is 3.05. The van der Waals surface area contributed by atoms with E-state index in [9.17, 15) is 24.8 Å². The Kier molecular flexibility index (Phi) is 4.81. The standard InChI is InChI=1S/C22H15N3O5/c26-20(14-6-2-1-3-7-14)18-19(15-8-4-9-16(12-15)25(29)30)24(22(28)21(18)27)17-10-5-11-23-13-17/h1-13,19,26H/b20-18+. The summed E-state index contributed by atoms with van der Waals surface area (Å²) in [4.78, 5) is 41.8. The molecule has 0 spiro atoms. The summed E-state index contributed by atoms with van der Waals surface area (Å²) in [5.74, 6) is -2.08. The molecule has 0 radical (unpaired) electrons. The fourth-order valence-electron chi connectivity index (χ4n) is 3.47.